The van der Waals surface area contributed by atoms with Crippen LogP contribution >= 0.6 is 0 Å². The molecule has 218 valence electrons. The molecule has 1 unspecified atom stereocenters. The van der Waals surface area contributed by atoms with Crippen LogP contribution in [0.4, 0.5) is 4.39 Å². The summed E-state index contributed by atoms with van der Waals surface area (Å²) in [5.41, 5.74) is 0. The van der Waals surface area contributed by atoms with Crippen molar-refractivity contribution in [2.45, 2.75) is 181 Å². The molecule has 0 N–H and O–H groups in total. The molecule has 0 aliphatic carbocycles. The van der Waals surface area contributed by atoms with Gasteiger partial charge in [0.05, 0.1) is 6.67 Å². The second-order valence-corrected chi connectivity index (χ2v) is 13.5. The van der Waals surface area contributed by atoms with Crippen LogP contribution in [0, 0.1) is 0 Å². The maximum atomic E-state index is 12.2. The van der Waals surface area contributed by atoms with Crippen molar-refractivity contribution in [1.82, 2.24) is 0 Å². The number of unbranched alkanes of at least 4 members (excludes halogenated alkanes) is 19. The molecule has 0 rings (SSSR count). The van der Waals surface area contributed by atoms with Crippen molar-refractivity contribution in [1.29, 1.82) is 0 Å². The zero-order valence-corrected chi connectivity index (χ0v) is 26.1. The molecule has 0 aliphatic heterocycles. The average molecular weight is 533 g/mol. The van der Waals surface area contributed by atoms with Gasteiger partial charge in [-0.25, -0.2) is 0 Å². The number of hydrogen-bond acceptors (Lipinski definition) is 3. The van der Waals surface area contributed by atoms with Crippen LogP contribution in [-0.2, 0) is 13.3 Å². The fourth-order valence-corrected chi connectivity index (χ4v) is 7.98. The van der Waals surface area contributed by atoms with Crippen LogP contribution in [0.2, 0.25) is 6.04 Å². The van der Waals surface area contributed by atoms with E-state index in [1.54, 1.807) is 0 Å². The van der Waals surface area contributed by atoms with Gasteiger partial charge in [0, 0.05) is 25.4 Å². The molecular weight excluding hydrogens is 467 g/mol. The Labute approximate surface area is 227 Å². The third kappa shape index (κ3) is 23.2. The van der Waals surface area contributed by atoms with Crippen LogP contribution in [0.15, 0.2) is 0 Å². The van der Waals surface area contributed by atoms with Crippen molar-refractivity contribution in [3.8, 4) is 0 Å². The first kappa shape index (κ1) is 36.0. The normalized spacial score (nSPS) is 12.9. The fourth-order valence-electron chi connectivity index (χ4n) is 5.06. The van der Waals surface area contributed by atoms with Gasteiger partial charge in [-0.15, -0.1) is 0 Å². The van der Waals surface area contributed by atoms with Crippen LogP contribution in [0.5, 0.6) is 0 Å². The first-order valence-electron chi connectivity index (χ1n) is 16.2. The van der Waals surface area contributed by atoms with E-state index in [0.29, 0.717) is 19.6 Å². The smallest absolute Gasteiger partial charge is 0.374 e. The predicted octanol–water partition coefficient (Wildman–Crippen LogP) is 11.0. The van der Waals surface area contributed by atoms with E-state index < -0.39 is 8.80 Å². The summed E-state index contributed by atoms with van der Waals surface area (Å²) < 4.78 is 31.1. The number of halogens is 1. The van der Waals surface area contributed by atoms with Crippen LogP contribution in [-0.4, -0.2) is 34.8 Å². The minimum absolute atomic E-state index is 0.185. The van der Waals surface area contributed by atoms with Gasteiger partial charge >= 0.3 is 8.80 Å². The molecule has 0 saturated heterocycles. The standard InChI is InChI=1S/C31H65FO3Si/c1-5-8-9-10-11-12-13-14-15-16-17-18-19-22-25-28-31(4)35-36(33-6-2,34-7-3)30-27-24-21-20-23-26-29-32/h31H,5-30H2,1-4H3. The summed E-state index contributed by atoms with van der Waals surface area (Å²) in [5.74, 6) is 0. The zero-order valence-electron chi connectivity index (χ0n) is 25.1. The van der Waals surface area contributed by atoms with Gasteiger partial charge in [-0.3, -0.25) is 4.39 Å². The Morgan fingerprint density at radius 2 is 0.917 bits per heavy atom. The van der Waals surface area contributed by atoms with Crippen molar-refractivity contribution >= 4 is 8.80 Å². The Morgan fingerprint density at radius 3 is 1.33 bits per heavy atom. The lowest BCUT2D eigenvalue weighted by Gasteiger charge is -2.32. The fraction of sp³-hybridized carbons (Fsp3) is 1.00. The van der Waals surface area contributed by atoms with Crippen LogP contribution in [0.25, 0.3) is 0 Å². The summed E-state index contributed by atoms with van der Waals surface area (Å²) in [6.07, 6.45) is 28.5. The van der Waals surface area contributed by atoms with Gasteiger partial charge in [0.1, 0.15) is 0 Å². The minimum atomic E-state index is -2.60. The largest absolute Gasteiger partial charge is 0.501 e. The number of hydrogen-bond donors (Lipinski definition) is 0. The molecule has 36 heavy (non-hydrogen) atoms. The van der Waals surface area contributed by atoms with Crippen molar-refractivity contribution in [2.75, 3.05) is 19.9 Å². The Kier molecular flexibility index (Phi) is 28.1. The highest BCUT2D eigenvalue weighted by Gasteiger charge is 2.41. The van der Waals surface area contributed by atoms with Crippen LogP contribution in [0.1, 0.15) is 169 Å². The molecule has 3 nitrogen and oxygen atoms in total. The van der Waals surface area contributed by atoms with Gasteiger partial charge in [-0.2, -0.15) is 0 Å². The predicted molar refractivity (Wildman–Crippen MR) is 158 cm³/mol. The van der Waals surface area contributed by atoms with E-state index in [9.17, 15) is 4.39 Å². The minimum Gasteiger partial charge on any atom is -0.374 e. The van der Waals surface area contributed by atoms with E-state index in [1.807, 2.05) is 13.8 Å². The van der Waals surface area contributed by atoms with E-state index in [4.69, 9.17) is 13.3 Å². The molecule has 0 fully saturated rings. The highest BCUT2D eigenvalue weighted by molar-refractivity contribution is 6.60. The maximum absolute atomic E-state index is 12.2. The molecule has 0 amide bonds. The Hall–Kier alpha value is 0.0269. The molecule has 0 aromatic heterocycles. The monoisotopic (exact) mass is 532 g/mol. The zero-order chi connectivity index (χ0) is 26.6. The van der Waals surface area contributed by atoms with Crippen LogP contribution < -0.4 is 0 Å². The molecule has 0 heterocycles. The summed E-state index contributed by atoms with van der Waals surface area (Å²) in [6, 6.07) is 0.904. The van der Waals surface area contributed by atoms with E-state index in [0.717, 1.165) is 44.6 Å². The van der Waals surface area contributed by atoms with Gasteiger partial charge in [0.25, 0.3) is 0 Å². The first-order valence-corrected chi connectivity index (χ1v) is 18.1. The van der Waals surface area contributed by atoms with Gasteiger partial charge in [-0.1, -0.05) is 129 Å². The summed E-state index contributed by atoms with van der Waals surface area (Å²) >= 11 is 0. The summed E-state index contributed by atoms with van der Waals surface area (Å²) in [7, 11) is -2.60. The maximum Gasteiger partial charge on any atom is 0.501 e. The van der Waals surface area contributed by atoms with Crippen molar-refractivity contribution in [2.24, 2.45) is 0 Å². The molecular formula is C31H65FO3Si. The lowest BCUT2D eigenvalue weighted by molar-refractivity contribution is 0.0342. The highest BCUT2D eigenvalue weighted by Crippen LogP contribution is 2.24. The molecule has 0 bridgehead atoms. The van der Waals surface area contributed by atoms with Crippen molar-refractivity contribution in [3.63, 3.8) is 0 Å². The Balaban J connectivity index is 3.87. The third-order valence-electron chi connectivity index (χ3n) is 7.19. The molecule has 1 atom stereocenters. The molecule has 0 aliphatic rings. The molecule has 0 aromatic rings. The lowest BCUT2D eigenvalue weighted by Crippen LogP contribution is -2.48. The summed E-state index contributed by atoms with van der Waals surface area (Å²) in [4.78, 5) is 0. The molecule has 0 saturated carbocycles. The van der Waals surface area contributed by atoms with Gasteiger partial charge in [0.15, 0.2) is 0 Å². The molecule has 0 radical (unpaired) electrons. The molecule has 0 aromatic carbocycles. The summed E-state index contributed by atoms with van der Waals surface area (Å²) in [5, 5.41) is 0. The van der Waals surface area contributed by atoms with Crippen LogP contribution in [0.3, 0.4) is 0 Å². The number of alkyl halides is 1. The average Bonchev–Trinajstić information content (AvgIpc) is 2.86. The SMILES string of the molecule is CCCCCCCCCCCCCCCCCC(C)O[Si](CCCCCCCCF)(OCC)OCC. The van der Waals surface area contributed by atoms with Gasteiger partial charge < -0.3 is 13.3 Å². The topological polar surface area (TPSA) is 27.7 Å². The van der Waals surface area contributed by atoms with Crippen molar-refractivity contribution < 1.29 is 17.7 Å². The first-order chi connectivity index (χ1) is 17.6. The van der Waals surface area contributed by atoms with Crippen molar-refractivity contribution in [3.05, 3.63) is 0 Å². The molecule has 5 heteroatoms. The van der Waals surface area contributed by atoms with E-state index in [-0.39, 0.29) is 12.8 Å². The number of rotatable bonds is 30. The Morgan fingerprint density at radius 1 is 0.528 bits per heavy atom. The molecule has 0 spiro atoms. The summed E-state index contributed by atoms with van der Waals surface area (Å²) in [6.45, 7) is 9.68. The van der Waals surface area contributed by atoms with E-state index in [1.165, 1.54) is 96.3 Å². The quantitative estimate of drug-likeness (QED) is 0.0680. The van der Waals surface area contributed by atoms with E-state index in [2.05, 4.69) is 13.8 Å². The third-order valence-corrected chi connectivity index (χ3v) is 10.4. The lowest BCUT2D eigenvalue weighted by atomic mass is 10.0. The second kappa shape index (κ2) is 28.0. The van der Waals surface area contributed by atoms with Gasteiger partial charge in [-0.05, 0) is 40.0 Å². The van der Waals surface area contributed by atoms with E-state index >= 15 is 0 Å². The van der Waals surface area contributed by atoms with Gasteiger partial charge in [0.2, 0.25) is 0 Å². The highest BCUT2D eigenvalue weighted by atomic mass is 28.4. The second-order valence-electron chi connectivity index (χ2n) is 10.8. The Bertz CT molecular complexity index is 419.